The Labute approximate surface area is 110 Å². The third-order valence-electron chi connectivity index (χ3n) is 3.78. The van der Waals surface area contributed by atoms with Crippen molar-refractivity contribution < 1.29 is 0 Å². The van der Waals surface area contributed by atoms with Gasteiger partial charge in [0.15, 0.2) is 0 Å². The summed E-state index contributed by atoms with van der Waals surface area (Å²) in [6.07, 6.45) is 1.84. The summed E-state index contributed by atoms with van der Waals surface area (Å²) in [6.45, 7) is 10.2. The maximum absolute atomic E-state index is 4.36. The van der Waals surface area contributed by atoms with Crippen molar-refractivity contribution in [3.8, 4) is 0 Å². The van der Waals surface area contributed by atoms with Crippen molar-refractivity contribution in [1.29, 1.82) is 0 Å². The van der Waals surface area contributed by atoms with Crippen LogP contribution >= 0.6 is 0 Å². The minimum absolute atomic E-state index is 0.651. The molecule has 100 valence electrons. The third-order valence-corrected chi connectivity index (χ3v) is 3.78. The Morgan fingerprint density at radius 3 is 2.94 bits per heavy atom. The molecule has 1 aliphatic heterocycles. The molecule has 4 nitrogen and oxygen atoms in total. The standard InChI is InChI=1S/C14H24N4/c1-4-18-9-8-17(10-12(18)2)11-13-6-5-7-16-14(13)15-3/h5-7,12H,4,8-11H2,1-3H3,(H,15,16). The van der Waals surface area contributed by atoms with E-state index in [0.29, 0.717) is 6.04 Å². The van der Waals surface area contributed by atoms with E-state index < -0.39 is 0 Å². The molecule has 0 bridgehead atoms. The van der Waals surface area contributed by atoms with Gasteiger partial charge in [0, 0.05) is 51.0 Å². The van der Waals surface area contributed by atoms with E-state index in [0.717, 1.165) is 32.0 Å². The van der Waals surface area contributed by atoms with Crippen molar-refractivity contribution in [2.75, 3.05) is 38.5 Å². The van der Waals surface area contributed by atoms with Gasteiger partial charge in [-0.3, -0.25) is 9.80 Å². The molecule has 0 aromatic carbocycles. The molecule has 1 saturated heterocycles. The fraction of sp³-hybridized carbons (Fsp3) is 0.643. The smallest absolute Gasteiger partial charge is 0.130 e. The van der Waals surface area contributed by atoms with E-state index in [9.17, 15) is 0 Å². The Kier molecular flexibility index (Phi) is 4.55. The van der Waals surface area contributed by atoms with Gasteiger partial charge in [0.1, 0.15) is 5.82 Å². The topological polar surface area (TPSA) is 31.4 Å². The fourth-order valence-electron chi connectivity index (χ4n) is 2.72. The number of rotatable bonds is 4. The highest BCUT2D eigenvalue weighted by Gasteiger charge is 2.22. The summed E-state index contributed by atoms with van der Waals surface area (Å²) in [4.78, 5) is 9.43. The summed E-state index contributed by atoms with van der Waals surface area (Å²) >= 11 is 0. The van der Waals surface area contributed by atoms with Crippen molar-refractivity contribution >= 4 is 5.82 Å². The Balaban J connectivity index is 1.98. The fourth-order valence-corrected chi connectivity index (χ4v) is 2.72. The van der Waals surface area contributed by atoms with Gasteiger partial charge in [-0.25, -0.2) is 4.98 Å². The van der Waals surface area contributed by atoms with E-state index in [2.05, 4.69) is 40.0 Å². The van der Waals surface area contributed by atoms with Gasteiger partial charge >= 0.3 is 0 Å². The first-order valence-electron chi connectivity index (χ1n) is 6.82. The molecule has 4 heteroatoms. The van der Waals surface area contributed by atoms with Crippen LogP contribution in [0.1, 0.15) is 19.4 Å². The second-order valence-electron chi connectivity index (χ2n) is 4.97. The molecule has 1 aliphatic rings. The average Bonchev–Trinajstić information content (AvgIpc) is 2.39. The van der Waals surface area contributed by atoms with E-state index in [1.54, 1.807) is 0 Å². The Hall–Kier alpha value is -1.13. The summed E-state index contributed by atoms with van der Waals surface area (Å²) in [5.41, 5.74) is 1.29. The maximum Gasteiger partial charge on any atom is 0.130 e. The zero-order valence-electron chi connectivity index (χ0n) is 11.7. The van der Waals surface area contributed by atoms with E-state index in [-0.39, 0.29) is 0 Å². The highest BCUT2D eigenvalue weighted by atomic mass is 15.3. The van der Waals surface area contributed by atoms with Gasteiger partial charge in [-0.05, 0) is 19.5 Å². The molecule has 1 atom stereocenters. The predicted molar refractivity (Wildman–Crippen MR) is 75.8 cm³/mol. The number of hydrogen-bond donors (Lipinski definition) is 1. The molecule has 2 rings (SSSR count). The first-order valence-corrected chi connectivity index (χ1v) is 6.82. The molecule has 18 heavy (non-hydrogen) atoms. The molecule has 1 aromatic heterocycles. The highest BCUT2D eigenvalue weighted by Crippen LogP contribution is 2.16. The molecule has 0 radical (unpaired) electrons. The minimum atomic E-state index is 0.651. The normalized spacial score (nSPS) is 22.1. The van der Waals surface area contributed by atoms with Gasteiger partial charge in [-0.1, -0.05) is 13.0 Å². The van der Waals surface area contributed by atoms with Crippen molar-refractivity contribution in [2.24, 2.45) is 0 Å². The van der Waals surface area contributed by atoms with Crippen LogP contribution in [-0.2, 0) is 6.54 Å². The van der Waals surface area contributed by atoms with E-state index in [4.69, 9.17) is 0 Å². The Morgan fingerprint density at radius 2 is 2.28 bits per heavy atom. The lowest BCUT2D eigenvalue weighted by Gasteiger charge is -2.39. The van der Waals surface area contributed by atoms with Gasteiger partial charge in [0.25, 0.3) is 0 Å². The summed E-state index contributed by atoms with van der Waals surface area (Å²) in [5.74, 6) is 1.00. The minimum Gasteiger partial charge on any atom is -0.373 e. The van der Waals surface area contributed by atoms with Crippen molar-refractivity contribution in [3.63, 3.8) is 0 Å². The zero-order chi connectivity index (χ0) is 13.0. The lowest BCUT2D eigenvalue weighted by atomic mass is 10.1. The molecule has 1 aromatic rings. The van der Waals surface area contributed by atoms with Crippen LogP contribution in [0.25, 0.3) is 0 Å². The number of likely N-dealkylation sites (N-methyl/N-ethyl adjacent to an activating group) is 1. The van der Waals surface area contributed by atoms with Crippen molar-refractivity contribution in [2.45, 2.75) is 26.4 Å². The molecule has 0 spiro atoms. The van der Waals surface area contributed by atoms with Crippen LogP contribution < -0.4 is 5.32 Å². The predicted octanol–water partition coefficient (Wildman–Crippen LogP) is 1.65. The second-order valence-corrected chi connectivity index (χ2v) is 4.97. The molecule has 0 aliphatic carbocycles. The van der Waals surface area contributed by atoms with Gasteiger partial charge in [-0.2, -0.15) is 0 Å². The molecule has 1 fully saturated rings. The molecule has 0 amide bonds. The Bertz CT molecular complexity index is 380. The summed E-state index contributed by atoms with van der Waals surface area (Å²) < 4.78 is 0. The largest absolute Gasteiger partial charge is 0.373 e. The van der Waals surface area contributed by atoms with E-state index >= 15 is 0 Å². The van der Waals surface area contributed by atoms with Crippen LogP contribution in [-0.4, -0.2) is 54.1 Å². The van der Waals surface area contributed by atoms with Crippen LogP contribution in [0.5, 0.6) is 0 Å². The van der Waals surface area contributed by atoms with Crippen LogP contribution in [0.2, 0.25) is 0 Å². The quantitative estimate of drug-likeness (QED) is 0.878. The maximum atomic E-state index is 4.36. The summed E-state index contributed by atoms with van der Waals surface area (Å²) in [7, 11) is 1.93. The average molecular weight is 248 g/mol. The monoisotopic (exact) mass is 248 g/mol. The number of hydrogen-bond acceptors (Lipinski definition) is 4. The number of piperazine rings is 1. The van der Waals surface area contributed by atoms with Crippen LogP contribution in [0.3, 0.4) is 0 Å². The molecular weight excluding hydrogens is 224 g/mol. The van der Waals surface area contributed by atoms with Crippen LogP contribution in [0, 0.1) is 0 Å². The number of nitrogens with one attached hydrogen (secondary N) is 1. The van der Waals surface area contributed by atoms with Crippen LogP contribution in [0.4, 0.5) is 5.82 Å². The summed E-state index contributed by atoms with van der Waals surface area (Å²) in [5, 5.41) is 3.17. The zero-order valence-corrected chi connectivity index (χ0v) is 11.7. The van der Waals surface area contributed by atoms with Gasteiger partial charge in [0.05, 0.1) is 0 Å². The van der Waals surface area contributed by atoms with E-state index in [1.807, 2.05) is 19.3 Å². The highest BCUT2D eigenvalue weighted by molar-refractivity contribution is 5.42. The first-order chi connectivity index (χ1) is 8.74. The molecule has 1 N–H and O–H groups in total. The van der Waals surface area contributed by atoms with Gasteiger partial charge < -0.3 is 5.32 Å². The number of nitrogens with zero attached hydrogens (tertiary/aromatic N) is 3. The Morgan fingerprint density at radius 1 is 1.44 bits per heavy atom. The lowest BCUT2D eigenvalue weighted by Crippen LogP contribution is -2.51. The SMILES string of the molecule is CCN1CCN(Cc2cccnc2NC)CC1C. The molecule has 1 unspecified atom stereocenters. The van der Waals surface area contributed by atoms with Crippen LogP contribution in [0.15, 0.2) is 18.3 Å². The number of anilines is 1. The van der Waals surface area contributed by atoms with Crippen molar-refractivity contribution in [1.82, 2.24) is 14.8 Å². The molecule has 2 heterocycles. The van der Waals surface area contributed by atoms with E-state index in [1.165, 1.54) is 12.1 Å². The number of pyridine rings is 1. The summed E-state index contributed by atoms with van der Waals surface area (Å²) in [6, 6.07) is 4.83. The van der Waals surface area contributed by atoms with Gasteiger partial charge in [0.2, 0.25) is 0 Å². The second kappa shape index (κ2) is 6.16. The molecular formula is C14H24N4. The first kappa shape index (κ1) is 13.3. The lowest BCUT2D eigenvalue weighted by molar-refractivity contribution is 0.0835. The van der Waals surface area contributed by atoms with Gasteiger partial charge in [-0.15, -0.1) is 0 Å². The molecule has 0 saturated carbocycles. The number of aromatic nitrogens is 1. The third kappa shape index (κ3) is 3.00. The van der Waals surface area contributed by atoms with Crippen molar-refractivity contribution in [3.05, 3.63) is 23.9 Å².